The van der Waals surface area contributed by atoms with Gasteiger partial charge >= 0.3 is 6.03 Å². The summed E-state index contributed by atoms with van der Waals surface area (Å²) in [5, 5.41) is 5.71. The maximum absolute atomic E-state index is 11.9. The number of hydrogen-bond acceptors (Lipinski definition) is 3. The lowest BCUT2D eigenvalue weighted by Gasteiger charge is -2.11. The normalized spacial score (nSPS) is 15.2. The van der Waals surface area contributed by atoms with Crippen molar-refractivity contribution in [3.05, 3.63) is 35.5 Å². The number of methoxy groups -OCH3 is 2. The Morgan fingerprint density at radius 2 is 1.92 bits per heavy atom. The number of rotatable bonds is 7. The third kappa shape index (κ3) is 5.18. The molecule has 24 heavy (non-hydrogen) atoms. The SMILES string of the molecule is COc1ccc(CCNC(=O)N/C=C(\C)C2CCCC2)cc1OC. The summed E-state index contributed by atoms with van der Waals surface area (Å²) >= 11 is 0. The van der Waals surface area contributed by atoms with Gasteiger partial charge in [-0.05, 0) is 49.8 Å². The van der Waals surface area contributed by atoms with Gasteiger partial charge in [0.2, 0.25) is 0 Å². The molecule has 2 amide bonds. The average Bonchev–Trinajstić information content (AvgIpc) is 3.14. The van der Waals surface area contributed by atoms with E-state index in [1.165, 1.54) is 31.3 Å². The molecule has 0 unspecified atom stereocenters. The van der Waals surface area contributed by atoms with E-state index in [9.17, 15) is 4.79 Å². The summed E-state index contributed by atoms with van der Waals surface area (Å²) in [5.41, 5.74) is 2.35. The van der Waals surface area contributed by atoms with E-state index < -0.39 is 0 Å². The van der Waals surface area contributed by atoms with E-state index in [0.717, 1.165) is 12.0 Å². The van der Waals surface area contributed by atoms with Crippen molar-refractivity contribution in [3.63, 3.8) is 0 Å². The van der Waals surface area contributed by atoms with Gasteiger partial charge in [-0.15, -0.1) is 0 Å². The van der Waals surface area contributed by atoms with Crippen LogP contribution in [0.4, 0.5) is 4.79 Å². The summed E-state index contributed by atoms with van der Waals surface area (Å²) in [4.78, 5) is 11.9. The molecule has 5 heteroatoms. The van der Waals surface area contributed by atoms with Crippen LogP contribution in [0.5, 0.6) is 11.5 Å². The second-order valence-electron chi connectivity index (χ2n) is 6.21. The van der Waals surface area contributed by atoms with Gasteiger partial charge in [0, 0.05) is 12.7 Å². The lowest BCUT2D eigenvalue weighted by Crippen LogP contribution is -2.33. The number of allylic oxidation sites excluding steroid dienone is 1. The molecule has 5 nitrogen and oxygen atoms in total. The molecule has 1 aromatic carbocycles. The number of benzene rings is 1. The predicted octanol–water partition coefficient (Wildman–Crippen LogP) is 3.64. The quantitative estimate of drug-likeness (QED) is 0.801. The van der Waals surface area contributed by atoms with Gasteiger partial charge in [-0.3, -0.25) is 0 Å². The molecule has 0 aliphatic heterocycles. The topological polar surface area (TPSA) is 59.6 Å². The third-order valence-corrected chi connectivity index (χ3v) is 4.58. The molecular weight excluding hydrogens is 304 g/mol. The first-order valence-electron chi connectivity index (χ1n) is 8.56. The van der Waals surface area contributed by atoms with Gasteiger partial charge in [-0.1, -0.05) is 24.5 Å². The van der Waals surface area contributed by atoms with Crippen molar-refractivity contribution in [2.45, 2.75) is 39.0 Å². The summed E-state index contributed by atoms with van der Waals surface area (Å²) in [6.07, 6.45) is 7.66. The van der Waals surface area contributed by atoms with Crippen LogP contribution in [0.2, 0.25) is 0 Å². The van der Waals surface area contributed by atoms with Gasteiger partial charge in [0.25, 0.3) is 0 Å². The standard InChI is InChI=1S/C19H28N2O3/c1-14(16-6-4-5-7-16)13-21-19(22)20-11-10-15-8-9-17(23-2)18(12-15)24-3/h8-9,12-13,16H,4-7,10-11H2,1-3H3,(H2,20,21,22)/b14-13+. The van der Waals surface area contributed by atoms with Crippen LogP contribution in [0.15, 0.2) is 30.0 Å². The Kier molecular flexibility index (Phi) is 6.97. The highest BCUT2D eigenvalue weighted by Crippen LogP contribution is 2.30. The van der Waals surface area contributed by atoms with E-state index in [2.05, 4.69) is 17.6 Å². The van der Waals surface area contributed by atoms with Crippen LogP contribution >= 0.6 is 0 Å². The molecule has 0 atom stereocenters. The zero-order valence-electron chi connectivity index (χ0n) is 14.9. The van der Waals surface area contributed by atoms with Crippen LogP contribution in [0, 0.1) is 5.92 Å². The van der Waals surface area contributed by atoms with Crippen LogP contribution in [-0.4, -0.2) is 26.8 Å². The van der Waals surface area contributed by atoms with E-state index in [1.807, 2.05) is 24.4 Å². The van der Waals surface area contributed by atoms with Crippen LogP contribution in [0.1, 0.15) is 38.2 Å². The Hall–Kier alpha value is -2.17. The van der Waals surface area contributed by atoms with Crippen molar-refractivity contribution in [1.29, 1.82) is 0 Å². The monoisotopic (exact) mass is 332 g/mol. The first-order valence-corrected chi connectivity index (χ1v) is 8.56. The van der Waals surface area contributed by atoms with Crippen molar-refractivity contribution >= 4 is 6.03 Å². The Morgan fingerprint density at radius 1 is 1.21 bits per heavy atom. The molecule has 0 aromatic heterocycles. The molecule has 0 bridgehead atoms. The molecule has 2 rings (SSSR count). The molecule has 132 valence electrons. The fourth-order valence-corrected chi connectivity index (χ4v) is 3.09. The van der Waals surface area contributed by atoms with E-state index in [1.54, 1.807) is 14.2 Å². The van der Waals surface area contributed by atoms with Crippen molar-refractivity contribution in [2.24, 2.45) is 5.92 Å². The van der Waals surface area contributed by atoms with Gasteiger partial charge in [0.05, 0.1) is 14.2 Å². The lowest BCUT2D eigenvalue weighted by atomic mass is 10.0. The van der Waals surface area contributed by atoms with Crippen molar-refractivity contribution in [2.75, 3.05) is 20.8 Å². The van der Waals surface area contributed by atoms with E-state index in [-0.39, 0.29) is 6.03 Å². The fraction of sp³-hybridized carbons (Fsp3) is 0.526. The Bertz CT molecular complexity index is 578. The highest BCUT2D eigenvalue weighted by molar-refractivity contribution is 5.74. The minimum absolute atomic E-state index is 0.159. The number of ether oxygens (including phenoxy) is 2. The van der Waals surface area contributed by atoms with Crippen LogP contribution in [0.3, 0.4) is 0 Å². The number of carbonyl (C=O) groups excluding carboxylic acids is 1. The van der Waals surface area contributed by atoms with Crippen molar-refractivity contribution in [3.8, 4) is 11.5 Å². The highest BCUT2D eigenvalue weighted by Gasteiger charge is 2.16. The number of carbonyl (C=O) groups is 1. The summed E-state index contributed by atoms with van der Waals surface area (Å²) in [6.45, 7) is 2.66. The minimum Gasteiger partial charge on any atom is -0.493 e. The average molecular weight is 332 g/mol. The molecule has 1 fully saturated rings. The second-order valence-corrected chi connectivity index (χ2v) is 6.21. The number of hydrogen-bond donors (Lipinski definition) is 2. The van der Waals surface area contributed by atoms with Crippen molar-refractivity contribution < 1.29 is 14.3 Å². The van der Waals surface area contributed by atoms with Gasteiger partial charge < -0.3 is 20.1 Å². The first kappa shape index (κ1) is 18.2. The largest absolute Gasteiger partial charge is 0.493 e. The van der Waals surface area contributed by atoms with Crippen LogP contribution < -0.4 is 20.1 Å². The predicted molar refractivity (Wildman–Crippen MR) is 95.5 cm³/mol. The summed E-state index contributed by atoms with van der Waals surface area (Å²) in [5.74, 6) is 2.05. The third-order valence-electron chi connectivity index (χ3n) is 4.58. The molecule has 0 heterocycles. The molecule has 1 aromatic rings. The Morgan fingerprint density at radius 3 is 2.58 bits per heavy atom. The molecule has 0 spiro atoms. The fourth-order valence-electron chi connectivity index (χ4n) is 3.09. The minimum atomic E-state index is -0.159. The summed E-state index contributed by atoms with van der Waals surface area (Å²) in [6, 6.07) is 5.63. The first-order chi connectivity index (χ1) is 11.6. The molecule has 2 N–H and O–H groups in total. The summed E-state index contributed by atoms with van der Waals surface area (Å²) < 4.78 is 10.5. The molecule has 0 radical (unpaired) electrons. The number of urea groups is 1. The van der Waals surface area contributed by atoms with Crippen LogP contribution in [-0.2, 0) is 6.42 Å². The van der Waals surface area contributed by atoms with E-state index in [4.69, 9.17) is 9.47 Å². The zero-order chi connectivity index (χ0) is 17.4. The molecule has 1 aliphatic rings. The van der Waals surface area contributed by atoms with Crippen molar-refractivity contribution in [1.82, 2.24) is 10.6 Å². The zero-order valence-corrected chi connectivity index (χ0v) is 14.9. The molecule has 1 saturated carbocycles. The van der Waals surface area contributed by atoms with Crippen LogP contribution in [0.25, 0.3) is 0 Å². The number of nitrogens with one attached hydrogen (secondary N) is 2. The van der Waals surface area contributed by atoms with Gasteiger partial charge in [0.15, 0.2) is 11.5 Å². The van der Waals surface area contributed by atoms with E-state index in [0.29, 0.717) is 24.0 Å². The Labute approximate surface area is 144 Å². The maximum Gasteiger partial charge on any atom is 0.318 e. The van der Waals surface area contributed by atoms with Gasteiger partial charge in [-0.25, -0.2) is 4.79 Å². The summed E-state index contributed by atoms with van der Waals surface area (Å²) in [7, 11) is 3.23. The highest BCUT2D eigenvalue weighted by atomic mass is 16.5. The molecule has 0 saturated heterocycles. The molecular formula is C19H28N2O3. The smallest absolute Gasteiger partial charge is 0.318 e. The lowest BCUT2D eigenvalue weighted by molar-refractivity contribution is 0.244. The maximum atomic E-state index is 11.9. The van der Waals surface area contributed by atoms with Gasteiger partial charge in [0.1, 0.15) is 0 Å². The molecule has 1 aliphatic carbocycles. The van der Waals surface area contributed by atoms with E-state index >= 15 is 0 Å². The van der Waals surface area contributed by atoms with Gasteiger partial charge in [-0.2, -0.15) is 0 Å². The second kappa shape index (κ2) is 9.21. The number of amides is 2. The Balaban J connectivity index is 1.75.